The molecule has 5 heteroatoms. The van der Waals surface area contributed by atoms with E-state index in [9.17, 15) is 9.59 Å². The molecule has 4 bridgehead atoms. The van der Waals surface area contributed by atoms with Gasteiger partial charge in [-0.1, -0.05) is 13.8 Å². The van der Waals surface area contributed by atoms with Gasteiger partial charge in [0.15, 0.2) is 0 Å². The van der Waals surface area contributed by atoms with Crippen LogP contribution in [-0.4, -0.2) is 72.3 Å². The van der Waals surface area contributed by atoms with Crippen molar-refractivity contribution in [2.45, 2.75) is 58.8 Å². The summed E-state index contributed by atoms with van der Waals surface area (Å²) in [5, 5.41) is 0. The zero-order valence-electron chi connectivity index (χ0n) is 17.3. The predicted octanol–water partition coefficient (Wildman–Crippen LogP) is 2.61. The molecule has 0 radical (unpaired) electrons. The normalized spacial score (nSPS) is 35.1. The lowest BCUT2D eigenvalue weighted by molar-refractivity contribution is -0.160. The maximum Gasteiger partial charge on any atom is 0.228 e. The van der Waals surface area contributed by atoms with Gasteiger partial charge in [0.25, 0.3) is 0 Å². The van der Waals surface area contributed by atoms with Gasteiger partial charge >= 0.3 is 0 Å². The molecule has 2 amide bonds. The van der Waals surface area contributed by atoms with Gasteiger partial charge in [-0.2, -0.15) is 0 Å². The van der Waals surface area contributed by atoms with Gasteiger partial charge in [-0.25, -0.2) is 0 Å². The molecule has 5 aliphatic rings. The van der Waals surface area contributed by atoms with E-state index in [1.54, 1.807) is 0 Å². The molecule has 0 aromatic heterocycles. The Balaban J connectivity index is 1.29. The van der Waals surface area contributed by atoms with E-state index in [1.165, 1.54) is 19.3 Å². The Morgan fingerprint density at radius 1 is 0.852 bits per heavy atom. The zero-order chi connectivity index (χ0) is 19.0. The third-order valence-corrected chi connectivity index (χ3v) is 7.95. The molecular weight excluding hydrogens is 338 g/mol. The summed E-state index contributed by atoms with van der Waals surface area (Å²) in [6.07, 6.45) is 8.15. The molecule has 27 heavy (non-hydrogen) atoms. The Morgan fingerprint density at radius 3 is 1.81 bits per heavy atom. The second kappa shape index (κ2) is 7.73. The van der Waals surface area contributed by atoms with Gasteiger partial charge < -0.3 is 14.7 Å². The quantitative estimate of drug-likeness (QED) is 0.717. The highest BCUT2D eigenvalue weighted by atomic mass is 16.2. The van der Waals surface area contributed by atoms with E-state index < -0.39 is 0 Å². The molecule has 0 N–H and O–H groups in total. The molecule has 5 nitrogen and oxygen atoms in total. The third kappa shape index (κ3) is 3.76. The van der Waals surface area contributed by atoms with Gasteiger partial charge in [0.1, 0.15) is 0 Å². The fourth-order valence-corrected chi connectivity index (χ4v) is 6.82. The molecule has 5 fully saturated rings. The summed E-state index contributed by atoms with van der Waals surface area (Å²) >= 11 is 0. The lowest BCUT2D eigenvalue weighted by Crippen LogP contribution is -2.58. The molecule has 4 aliphatic carbocycles. The summed E-state index contributed by atoms with van der Waals surface area (Å²) < 4.78 is 0. The Bertz CT molecular complexity index is 529. The molecule has 4 saturated carbocycles. The first-order valence-electron chi connectivity index (χ1n) is 11.3. The SMILES string of the molecule is CCN(CC)CCC(=O)N1CCN(C(=O)C23CC4CC(CC(C4)C2)C3)CC1. The summed E-state index contributed by atoms with van der Waals surface area (Å²) in [4.78, 5) is 32.3. The third-order valence-electron chi connectivity index (χ3n) is 7.95. The summed E-state index contributed by atoms with van der Waals surface area (Å²) in [5.41, 5.74) is -0.0380. The first kappa shape index (κ1) is 19.2. The van der Waals surface area contributed by atoms with Crippen molar-refractivity contribution in [3.8, 4) is 0 Å². The molecule has 5 rings (SSSR count). The largest absolute Gasteiger partial charge is 0.339 e. The number of hydrogen-bond donors (Lipinski definition) is 0. The van der Waals surface area contributed by atoms with E-state index >= 15 is 0 Å². The number of hydrogen-bond acceptors (Lipinski definition) is 3. The van der Waals surface area contributed by atoms with Gasteiger partial charge in [0.2, 0.25) is 11.8 Å². The van der Waals surface area contributed by atoms with Crippen LogP contribution < -0.4 is 0 Å². The molecular formula is C22H37N3O2. The van der Waals surface area contributed by atoms with Gasteiger partial charge in [0.05, 0.1) is 5.41 Å². The molecule has 0 spiro atoms. The standard InChI is InChI=1S/C22H37N3O2/c1-3-23(4-2)6-5-20(26)24-7-9-25(10-8-24)21(27)22-14-17-11-18(15-22)13-19(12-17)16-22/h17-19H,3-16H2,1-2H3. The first-order valence-corrected chi connectivity index (χ1v) is 11.3. The van der Waals surface area contributed by atoms with E-state index in [0.717, 1.165) is 82.8 Å². The highest BCUT2D eigenvalue weighted by molar-refractivity contribution is 5.84. The summed E-state index contributed by atoms with van der Waals surface area (Å²) in [6, 6.07) is 0. The Kier molecular flexibility index (Phi) is 5.50. The number of nitrogens with zero attached hydrogens (tertiary/aromatic N) is 3. The van der Waals surface area contributed by atoms with Crippen LogP contribution in [0.2, 0.25) is 0 Å². The Labute approximate surface area is 164 Å². The van der Waals surface area contributed by atoms with Crippen molar-refractivity contribution in [3.05, 3.63) is 0 Å². The summed E-state index contributed by atoms with van der Waals surface area (Å²) in [6.45, 7) is 10.0. The fourth-order valence-electron chi connectivity index (χ4n) is 6.82. The summed E-state index contributed by atoms with van der Waals surface area (Å²) in [7, 11) is 0. The zero-order valence-corrected chi connectivity index (χ0v) is 17.3. The molecule has 152 valence electrons. The molecule has 0 unspecified atom stereocenters. The summed E-state index contributed by atoms with van der Waals surface area (Å²) in [5.74, 6) is 3.11. The van der Waals surface area contributed by atoms with E-state index in [0.29, 0.717) is 12.3 Å². The van der Waals surface area contributed by atoms with Crippen LogP contribution in [0.3, 0.4) is 0 Å². The van der Waals surface area contributed by atoms with Crippen molar-refractivity contribution < 1.29 is 9.59 Å². The van der Waals surface area contributed by atoms with Crippen LogP contribution in [0.1, 0.15) is 58.8 Å². The van der Waals surface area contributed by atoms with Crippen LogP contribution in [0, 0.1) is 23.2 Å². The molecule has 0 aromatic carbocycles. The molecule has 1 aliphatic heterocycles. The second-order valence-electron chi connectivity index (χ2n) is 9.65. The average Bonchev–Trinajstić information content (AvgIpc) is 2.67. The lowest BCUT2D eigenvalue weighted by atomic mass is 9.49. The van der Waals surface area contributed by atoms with Crippen LogP contribution in [0.5, 0.6) is 0 Å². The monoisotopic (exact) mass is 375 g/mol. The van der Waals surface area contributed by atoms with E-state index in [1.807, 2.05) is 4.90 Å². The smallest absolute Gasteiger partial charge is 0.228 e. The van der Waals surface area contributed by atoms with Crippen LogP contribution in [0.25, 0.3) is 0 Å². The topological polar surface area (TPSA) is 43.9 Å². The number of carbonyl (C=O) groups is 2. The van der Waals surface area contributed by atoms with Crippen molar-refractivity contribution in [2.24, 2.45) is 23.2 Å². The van der Waals surface area contributed by atoms with Crippen molar-refractivity contribution >= 4 is 11.8 Å². The van der Waals surface area contributed by atoms with Crippen molar-refractivity contribution in [3.63, 3.8) is 0 Å². The minimum atomic E-state index is -0.0380. The maximum atomic E-state index is 13.4. The molecule has 0 aromatic rings. The number of carbonyl (C=O) groups excluding carboxylic acids is 2. The van der Waals surface area contributed by atoms with Crippen molar-refractivity contribution in [1.29, 1.82) is 0 Å². The van der Waals surface area contributed by atoms with Gasteiger partial charge in [-0.15, -0.1) is 0 Å². The highest BCUT2D eigenvalue weighted by Crippen LogP contribution is 2.60. The molecule has 1 saturated heterocycles. The lowest BCUT2D eigenvalue weighted by Gasteiger charge is -2.57. The first-order chi connectivity index (χ1) is 13.0. The van der Waals surface area contributed by atoms with Crippen LogP contribution in [0.4, 0.5) is 0 Å². The second-order valence-corrected chi connectivity index (χ2v) is 9.65. The van der Waals surface area contributed by atoms with E-state index in [4.69, 9.17) is 0 Å². The van der Waals surface area contributed by atoms with Crippen LogP contribution in [0.15, 0.2) is 0 Å². The number of amides is 2. The molecule has 1 heterocycles. The van der Waals surface area contributed by atoms with Crippen molar-refractivity contribution in [2.75, 3.05) is 45.8 Å². The number of rotatable bonds is 6. The fraction of sp³-hybridized carbons (Fsp3) is 0.909. The Morgan fingerprint density at radius 2 is 1.33 bits per heavy atom. The van der Waals surface area contributed by atoms with E-state index in [2.05, 4.69) is 23.6 Å². The maximum absolute atomic E-state index is 13.4. The number of piperazine rings is 1. The van der Waals surface area contributed by atoms with Gasteiger partial charge in [-0.05, 0) is 69.4 Å². The minimum absolute atomic E-state index is 0.0380. The Hall–Kier alpha value is -1.10. The van der Waals surface area contributed by atoms with E-state index in [-0.39, 0.29) is 11.3 Å². The average molecular weight is 376 g/mol. The van der Waals surface area contributed by atoms with Crippen molar-refractivity contribution in [1.82, 2.24) is 14.7 Å². The minimum Gasteiger partial charge on any atom is -0.339 e. The van der Waals surface area contributed by atoms with Crippen LogP contribution >= 0.6 is 0 Å². The molecule has 0 atom stereocenters. The predicted molar refractivity (Wildman–Crippen MR) is 106 cm³/mol. The van der Waals surface area contributed by atoms with Gasteiger partial charge in [-0.3, -0.25) is 9.59 Å². The van der Waals surface area contributed by atoms with Gasteiger partial charge in [0, 0.05) is 39.1 Å². The highest BCUT2D eigenvalue weighted by Gasteiger charge is 2.55. The van der Waals surface area contributed by atoms with Crippen LogP contribution in [-0.2, 0) is 9.59 Å².